The number of benzene rings is 1. The van der Waals surface area contributed by atoms with E-state index in [1.807, 2.05) is 6.92 Å². The molecule has 0 unspecified atom stereocenters. The molecule has 0 aromatic heterocycles. The van der Waals surface area contributed by atoms with Crippen LogP contribution in [0.15, 0.2) is 22.7 Å². The van der Waals surface area contributed by atoms with E-state index < -0.39 is 5.82 Å². The Bertz CT molecular complexity index is 513. The number of anilines is 1. The van der Waals surface area contributed by atoms with E-state index in [0.717, 1.165) is 13.1 Å². The van der Waals surface area contributed by atoms with Crippen molar-refractivity contribution in [1.29, 1.82) is 0 Å². The monoisotopic (exact) mass is 356 g/mol. The summed E-state index contributed by atoms with van der Waals surface area (Å²) in [6, 6.07) is 4.39. The predicted molar refractivity (Wildman–Crippen MR) is 86.7 cm³/mol. The molecule has 1 amide bonds. The van der Waals surface area contributed by atoms with Gasteiger partial charge in [0, 0.05) is 17.6 Å². The van der Waals surface area contributed by atoms with E-state index in [9.17, 15) is 9.18 Å². The van der Waals surface area contributed by atoms with Crippen LogP contribution in [0.5, 0.6) is 0 Å². The number of nitrogens with one attached hydrogen (secondary N) is 1. The molecule has 21 heavy (non-hydrogen) atoms. The van der Waals surface area contributed by atoms with Crippen LogP contribution < -0.4 is 5.32 Å². The fourth-order valence-corrected chi connectivity index (χ4v) is 3.35. The molecule has 3 nitrogen and oxygen atoms in total. The van der Waals surface area contributed by atoms with Crippen molar-refractivity contribution in [2.75, 3.05) is 18.4 Å². The molecule has 0 radical (unpaired) electrons. The second-order valence-electron chi connectivity index (χ2n) is 6.19. The Labute approximate surface area is 134 Å². The predicted octanol–water partition coefficient (Wildman–Crippen LogP) is 3.89. The molecular formula is C16H22BrFN2O. The van der Waals surface area contributed by atoms with E-state index in [4.69, 9.17) is 0 Å². The lowest BCUT2D eigenvalue weighted by Crippen LogP contribution is -2.48. The number of halogens is 2. The van der Waals surface area contributed by atoms with Crippen molar-refractivity contribution >= 4 is 27.5 Å². The molecule has 2 rings (SSSR count). The van der Waals surface area contributed by atoms with Crippen LogP contribution in [0.1, 0.15) is 27.2 Å². The van der Waals surface area contributed by atoms with Gasteiger partial charge >= 0.3 is 0 Å². The summed E-state index contributed by atoms with van der Waals surface area (Å²) in [5.74, 6) is 0.602. The standard InChI is InChI=1S/C16H22BrFN2O/c1-10-6-11(2)9-20(8-10)12(3)16(21)19-15-5-4-13(17)7-14(15)18/h4-5,7,10-12H,6,8-9H2,1-3H3,(H,19,21)/t10-,11+,12-/m0/s1. The SMILES string of the molecule is C[C@@H]1C[C@H](C)CN([C@@H](C)C(=O)Nc2ccc(Br)cc2F)C1. The minimum atomic E-state index is -0.426. The van der Waals surface area contributed by atoms with Crippen LogP contribution in [-0.2, 0) is 4.79 Å². The normalized spacial score (nSPS) is 24.6. The maximum Gasteiger partial charge on any atom is 0.241 e. The summed E-state index contributed by atoms with van der Waals surface area (Å²) in [6.07, 6.45) is 1.20. The van der Waals surface area contributed by atoms with Crippen molar-refractivity contribution in [2.24, 2.45) is 11.8 Å². The summed E-state index contributed by atoms with van der Waals surface area (Å²) in [5.41, 5.74) is 0.230. The van der Waals surface area contributed by atoms with Gasteiger partial charge in [0.25, 0.3) is 0 Å². The molecule has 1 saturated heterocycles. The van der Waals surface area contributed by atoms with Crippen LogP contribution in [0.2, 0.25) is 0 Å². The fourth-order valence-electron chi connectivity index (χ4n) is 3.02. The molecule has 5 heteroatoms. The molecule has 116 valence electrons. The van der Waals surface area contributed by atoms with Crippen LogP contribution in [0.25, 0.3) is 0 Å². The zero-order valence-corrected chi connectivity index (χ0v) is 14.3. The second kappa shape index (κ2) is 6.88. The topological polar surface area (TPSA) is 32.3 Å². The van der Waals surface area contributed by atoms with Gasteiger partial charge in [-0.15, -0.1) is 0 Å². The van der Waals surface area contributed by atoms with E-state index in [2.05, 4.69) is 40.0 Å². The van der Waals surface area contributed by atoms with E-state index in [-0.39, 0.29) is 17.6 Å². The average Bonchev–Trinajstić information content (AvgIpc) is 2.40. The number of nitrogens with zero attached hydrogens (tertiary/aromatic N) is 1. The van der Waals surface area contributed by atoms with Gasteiger partial charge in [-0.3, -0.25) is 9.69 Å². The molecule has 1 fully saturated rings. The van der Waals surface area contributed by atoms with Crippen LogP contribution in [0.3, 0.4) is 0 Å². The maximum absolute atomic E-state index is 13.8. The highest BCUT2D eigenvalue weighted by molar-refractivity contribution is 9.10. The Hall–Kier alpha value is -0.940. The minimum Gasteiger partial charge on any atom is -0.322 e. The lowest BCUT2D eigenvalue weighted by Gasteiger charge is -2.38. The van der Waals surface area contributed by atoms with Gasteiger partial charge in [-0.1, -0.05) is 29.8 Å². The molecule has 0 saturated carbocycles. The molecule has 1 aliphatic rings. The summed E-state index contributed by atoms with van der Waals surface area (Å²) in [6.45, 7) is 8.14. The largest absolute Gasteiger partial charge is 0.322 e. The van der Waals surface area contributed by atoms with Crippen molar-refractivity contribution in [3.8, 4) is 0 Å². The highest BCUT2D eigenvalue weighted by Crippen LogP contribution is 2.24. The number of hydrogen-bond acceptors (Lipinski definition) is 2. The van der Waals surface area contributed by atoms with E-state index in [0.29, 0.717) is 16.3 Å². The summed E-state index contributed by atoms with van der Waals surface area (Å²) >= 11 is 3.21. The van der Waals surface area contributed by atoms with Gasteiger partial charge < -0.3 is 5.32 Å². The minimum absolute atomic E-state index is 0.155. The second-order valence-corrected chi connectivity index (χ2v) is 7.11. The first-order chi connectivity index (χ1) is 9.86. The average molecular weight is 357 g/mol. The first kappa shape index (κ1) is 16.4. The van der Waals surface area contributed by atoms with E-state index >= 15 is 0 Å². The van der Waals surface area contributed by atoms with Crippen LogP contribution in [-0.4, -0.2) is 29.9 Å². The van der Waals surface area contributed by atoms with Gasteiger partial charge in [0.2, 0.25) is 5.91 Å². The van der Waals surface area contributed by atoms with Gasteiger partial charge in [0.1, 0.15) is 5.82 Å². The molecule has 1 aromatic carbocycles. The quantitative estimate of drug-likeness (QED) is 0.890. The molecular weight excluding hydrogens is 335 g/mol. The number of carbonyl (C=O) groups excluding carboxylic acids is 1. The Balaban J connectivity index is 2.02. The number of rotatable bonds is 3. The van der Waals surface area contributed by atoms with Crippen molar-refractivity contribution in [3.05, 3.63) is 28.5 Å². The maximum atomic E-state index is 13.8. The molecule has 3 atom stereocenters. The molecule has 1 aliphatic heterocycles. The van der Waals surface area contributed by atoms with Crippen molar-refractivity contribution in [3.63, 3.8) is 0 Å². The summed E-state index contributed by atoms with van der Waals surface area (Å²) < 4.78 is 14.4. The van der Waals surface area contributed by atoms with Gasteiger partial charge in [-0.25, -0.2) is 4.39 Å². The first-order valence-electron chi connectivity index (χ1n) is 7.36. The number of likely N-dealkylation sites (tertiary alicyclic amines) is 1. The third kappa shape index (κ3) is 4.27. The van der Waals surface area contributed by atoms with Gasteiger partial charge in [-0.05, 0) is 43.4 Å². The zero-order chi connectivity index (χ0) is 15.6. The first-order valence-corrected chi connectivity index (χ1v) is 8.16. The summed E-state index contributed by atoms with van der Waals surface area (Å²) in [5, 5.41) is 2.69. The highest BCUT2D eigenvalue weighted by atomic mass is 79.9. The number of amides is 1. The zero-order valence-electron chi connectivity index (χ0n) is 12.7. The Kier molecular flexibility index (Phi) is 5.38. The van der Waals surface area contributed by atoms with Gasteiger partial charge in [0.05, 0.1) is 11.7 Å². The Morgan fingerprint density at radius 2 is 2.00 bits per heavy atom. The lowest BCUT2D eigenvalue weighted by atomic mass is 9.91. The number of piperidine rings is 1. The summed E-state index contributed by atoms with van der Waals surface area (Å²) in [4.78, 5) is 14.5. The molecule has 0 aliphatic carbocycles. The smallest absolute Gasteiger partial charge is 0.241 e. The van der Waals surface area contributed by atoms with Gasteiger partial charge in [0.15, 0.2) is 0 Å². The van der Waals surface area contributed by atoms with Crippen LogP contribution in [0, 0.1) is 17.7 Å². The summed E-state index contributed by atoms with van der Waals surface area (Å²) in [7, 11) is 0. The number of hydrogen-bond donors (Lipinski definition) is 1. The molecule has 1 aromatic rings. The molecule has 1 N–H and O–H groups in total. The third-order valence-electron chi connectivity index (χ3n) is 4.01. The van der Waals surface area contributed by atoms with Gasteiger partial charge in [-0.2, -0.15) is 0 Å². The molecule has 0 spiro atoms. The van der Waals surface area contributed by atoms with E-state index in [1.54, 1.807) is 12.1 Å². The van der Waals surface area contributed by atoms with Crippen molar-refractivity contribution < 1.29 is 9.18 Å². The molecule has 1 heterocycles. The Morgan fingerprint density at radius 1 is 1.38 bits per heavy atom. The number of carbonyl (C=O) groups is 1. The molecule has 0 bridgehead atoms. The Morgan fingerprint density at radius 3 is 2.57 bits per heavy atom. The highest BCUT2D eigenvalue weighted by Gasteiger charge is 2.29. The van der Waals surface area contributed by atoms with Crippen LogP contribution in [0.4, 0.5) is 10.1 Å². The van der Waals surface area contributed by atoms with E-state index in [1.165, 1.54) is 12.5 Å². The van der Waals surface area contributed by atoms with Crippen molar-refractivity contribution in [2.45, 2.75) is 33.2 Å². The lowest BCUT2D eigenvalue weighted by molar-refractivity contribution is -0.121. The third-order valence-corrected chi connectivity index (χ3v) is 4.51. The van der Waals surface area contributed by atoms with Crippen molar-refractivity contribution in [1.82, 2.24) is 4.90 Å². The van der Waals surface area contributed by atoms with Crippen LogP contribution >= 0.6 is 15.9 Å². The fraction of sp³-hybridized carbons (Fsp3) is 0.562.